The first-order chi connectivity index (χ1) is 7.70. The van der Waals surface area contributed by atoms with Crippen LogP contribution in [0, 0.1) is 5.92 Å². The smallest absolute Gasteiger partial charge is 0.149 e. The molecule has 0 radical (unpaired) electrons. The summed E-state index contributed by atoms with van der Waals surface area (Å²) in [5.41, 5.74) is 0. The normalized spacial score (nSPS) is 15.2. The van der Waals surface area contributed by atoms with Gasteiger partial charge in [-0.1, -0.05) is 0 Å². The van der Waals surface area contributed by atoms with Gasteiger partial charge in [-0.2, -0.15) is 0 Å². The third-order valence-electron chi connectivity index (χ3n) is 2.95. The number of nitrogens with zero attached hydrogens (tertiary/aromatic N) is 3. The predicted octanol–water partition coefficient (Wildman–Crippen LogP) is 2.14. The maximum absolute atomic E-state index is 4.55. The molecule has 0 bridgehead atoms. The predicted molar refractivity (Wildman–Crippen MR) is 66.8 cm³/mol. The van der Waals surface area contributed by atoms with E-state index in [-0.39, 0.29) is 0 Å². The molecule has 0 amide bonds. The molecule has 16 heavy (non-hydrogen) atoms. The Labute approximate surface area is 97.1 Å². The van der Waals surface area contributed by atoms with E-state index in [2.05, 4.69) is 34.0 Å². The van der Waals surface area contributed by atoms with E-state index in [1.165, 1.54) is 12.8 Å². The molecule has 0 spiro atoms. The third-order valence-corrected chi connectivity index (χ3v) is 2.95. The van der Waals surface area contributed by atoms with E-state index in [0.717, 1.165) is 24.1 Å². The summed E-state index contributed by atoms with van der Waals surface area (Å²) < 4.78 is 0. The van der Waals surface area contributed by atoms with Crippen LogP contribution in [0.4, 0.5) is 11.6 Å². The highest BCUT2D eigenvalue weighted by atomic mass is 15.2. The average Bonchev–Trinajstić information content (AvgIpc) is 3.09. The minimum atomic E-state index is 0.474. The van der Waals surface area contributed by atoms with Crippen molar-refractivity contribution in [2.24, 2.45) is 5.92 Å². The van der Waals surface area contributed by atoms with E-state index in [1.807, 2.05) is 13.2 Å². The SMILES string of the molecule is CNc1cncc(N(CC2CC2)C(C)C)n1. The van der Waals surface area contributed by atoms with E-state index >= 15 is 0 Å². The summed E-state index contributed by atoms with van der Waals surface area (Å²) in [6, 6.07) is 0.474. The van der Waals surface area contributed by atoms with Crippen LogP contribution in [0.2, 0.25) is 0 Å². The van der Waals surface area contributed by atoms with Crippen molar-refractivity contribution < 1.29 is 0 Å². The van der Waals surface area contributed by atoms with E-state index in [4.69, 9.17) is 0 Å². The number of rotatable bonds is 5. The molecule has 1 aliphatic rings. The van der Waals surface area contributed by atoms with Gasteiger partial charge in [0.05, 0.1) is 12.4 Å². The van der Waals surface area contributed by atoms with Crippen molar-refractivity contribution in [2.45, 2.75) is 32.7 Å². The fourth-order valence-electron chi connectivity index (χ4n) is 1.76. The highest BCUT2D eigenvalue weighted by molar-refractivity contribution is 5.44. The van der Waals surface area contributed by atoms with Crippen LogP contribution >= 0.6 is 0 Å². The van der Waals surface area contributed by atoms with Crippen molar-refractivity contribution in [2.75, 3.05) is 23.8 Å². The summed E-state index contributed by atoms with van der Waals surface area (Å²) in [6.45, 7) is 5.52. The summed E-state index contributed by atoms with van der Waals surface area (Å²) in [5, 5.41) is 3.03. The fraction of sp³-hybridized carbons (Fsp3) is 0.667. The molecule has 88 valence electrons. The average molecular weight is 220 g/mol. The molecule has 0 aromatic carbocycles. The quantitative estimate of drug-likeness (QED) is 0.825. The zero-order valence-corrected chi connectivity index (χ0v) is 10.3. The molecule has 0 atom stereocenters. The minimum absolute atomic E-state index is 0.474. The lowest BCUT2D eigenvalue weighted by molar-refractivity contribution is 0.635. The Morgan fingerprint density at radius 3 is 2.75 bits per heavy atom. The lowest BCUT2D eigenvalue weighted by Gasteiger charge is -2.27. The van der Waals surface area contributed by atoms with Gasteiger partial charge in [0, 0.05) is 19.6 Å². The lowest BCUT2D eigenvalue weighted by Crippen LogP contribution is -2.33. The molecule has 0 saturated heterocycles. The molecule has 1 fully saturated rings. The zero-order chi connectivity index (χ0) is 11.5. The zero-order valence-electron chi connectivity index (χ0n) is 10.3. The van der Waals surface area contributed by atoms with Gasteiger partial charge in [0.25, 0.3) is 0 Å². The van der Waals surface area contributed by atoms with Gasteiger partial charge in [-0.15, -0.1) is 0 Å². The van der Waals surface area contributed by atoms with Crippen LogP contribution in [-0.4, -0.2) is 29.6 Å². The number of nitrogens with one attached hydrogen (secondary N) is 1. The summed E-state index contributed by atoms with van der Waals surface area (Å²) in [4.78, 5) is 11.1. The van der Waals surface area contributed by atoms with Gasteiger partial charge in [0.2, 0.25) is 0 Å². The largest absolute Gasteiger partial charge is 0.372 e. The second kappa shape index (κ2) is 4.68. The summed E-state index contributed by atoms with van der Waals surface area (Å²) >= 11 is 0. The maximum atomic E-state index is 4.55. The summed E-state index contributed by atoms with van der Waals surface area (Å²) in [7, 11) is 1.87. The van der Waals surface area contributed by atoms with Crippen molar-refractivity contribution in [3.05, 3.63) is 12.4 Å². The van der Waals surface area contributed by atoms with Gasteiger partial charge < -0.3 is 10.2 Å². The standard InChI is InChI=1S/C12H20N4/c1-9(2)16(8-10-4-5-10)12-7-14-6-11(13-3)15-12/h6-7,9-10H,4-5,8H2,1-3H3,(H,13,15). The third kappa shape index (κ3) is 2.62. The van der Waals surface area contributed by atoms with Crippen LogP contribution in [0.25, 0.3) is 0 Å². The van der Waals surface area contributed by atoms with Gasteiger partial charge in [-0.25, -0.2) is 4.98 Å². The molecule has 1 N–H and O–H groups in total. The molecule has 1 aliphatic carbocycles. The maximum Gasteiger partial charge on any atom is 0.149 e. The number of aromatic nitrogens is 2. The van der Waals surface area contributed by atoms with Crippen molar-refractivity contribution in [1.82, 2.24) is 9.97 Å². The van der Waals surface area contributed by atoms with Gasteiger partial charge >= 0.3 is 0 Å². The first-order valence-electron chi connectivity index (χ1n) is 5.97. The van der Waals surface area contributed by atoms with Gasteiger partial charge in [0.15, 0.2) is 0 Å². The minimum Gasteiger partial charge on any atom is -0.372 e. The van der Waals surface area contributed by atoms with E-state index < -0.39 is 0 Å². The highest BCUT2D eigenvalue weighted by Gasteiger charge is 2.26. The molecule has 1 aromatic heterocycles. The highest BCUT2D eigenvalue weighted by Crippen LogP contribution is 2.31. The van der Waals surface area contributed by atoms with Crippen molar-refractivity contribution in [1.29, 1.82) is 0 Å². The monoisotopic (exact) mass is 220 g/mol. The summed E-state index contributed by atoms with van der Waals surface area (Å²) in [5.74, 6) is 2.68. The van der Waals surface area contributed by atoms with E-state index in [9.17, 15) is 0 Å². The Bertz CT molecular complexity index is 347. The molecule has 4 heteroatoms. The molecule has 4 nitrogen and oxygen atoms in total. The van der Waals surface area contributed by atoms with E-state index in [0.29, 0.717) is 6.04 Å². The molecule has 1 aromatic rings. The van der Waals surface area contributed by atoms with Gasteiger partial charge in [-0.3, -0.25) is 4.98 Å². The van der Waals surface area contributed by atoms with Crippen molar-refractivity contribution in [3.63, 3.8) is 0 Å². The van der Waals surface area contributed by atoms with Crippen LogP contribution in [0.1, 0.15) is 26.7 Å². The second-order valence-electron chi connectivity index (χ2n) is 4.70. The first-order valence-corrected chi connectivity index (χ1v) is 5.97. The number of hydrogen-bond acceptors (Lipinski definition) is 4. The van der Waals surface area contributed by atoms with E-state index in [1.54, 1.807) is 6.20 Å². The van der Waals surface area contributed by atoms with Crippen LogP contribution in [-0.2, 0) is 0 Å². The first kappa shape index (κ1) is 11.2. The fourth-order valence-corrected chi connectivity index (χ4v) is 1.76. The molecule has 1 heterocycles. The van der Waals surface area contributed by atoms with Crippen LogP contribution < -0.4 is 10.2 Å². The lowest BCUT2D eigenvalue weighted by atomic mass is 10.3. The molecule has 0 aliphatic heterocycles. The Kier molecular flexibility index (Phi) is 3.27. The number of hydrogen-bond donors (Lipinski definition) is 1. The summed E-state index contributed by atoms with van der Waals surface area (Å²) in [6.07, 6.45) is 6.33. The van der Waals surface area contributed by atoms with Crippen LogP contribution in [0.3, 0.4) is 0 Å². The molecule has 0 unspecified atom stereocenters. The Hall–Kier alpha value is -1.32. The molecule has 2 rings (SSSR count). The molecular formula is C12H20N4. The van der Waals surface area contributed by atoms with Gasteiger partial charge in [-0.05, 0) is 32.6 Å². The number of anilines is 2. The van der Waals surface area contributed by atoms with Crippen LogP contribution in [0.15, 0.2) is 12.4 Å². The molecule has 1 saturated carbocycles. The van der Waals surface area contributed by atoms with Crippen LogP contribution in [0.5, 0.6) is 0 Å². The van der Waals surface area contributed by atoms with Crippen molar-refractivity contribution >= 4 is 11.6 Å². The Balaban J connectivity index is 2.15. The van der Waals surface area contributed by atoms with Gasteiger partial charge in [0.1, 0.15) is 11.6 Å². The van der Waals surface area contributed by atoms with Crippen molar-refractivity contribution in [3.8, 4) is 0 Å². The Morgan fingerprint density at radius 1 is 1.44 bits per heavy atom. The Morgan fingerprint density at radius 2 is 2.19 bits per heavy atom. The second-order valence-corrected chi connectivity index (χ2v) is 4.70. The topological polar surface area (TPSA) is 41.1 Å². The molecular weight excluding hydrogens is 200 g/mol.